The highest BCUT2D eigenvalue weighted by Gasteiger charge is 2.36. The van der Waals surface area contributed by atoms with Crippen molar-refractivity contribution in [3.8, 4) is 0 Å². The van der Waals surface area contributed by atoms with Crippen LogP contribution >= 0.6 is 15.9 Å². The minimum Gasteiger partial charge on any atom is -0.335 e. The minimum atomic E-state index is 0.178. The van der Waals surface area contributed by atoms with Gasteiger partial charge in [-0.1, -0.05) is 12.8 Å². The third-order valence-electron chi connectivity index (χ3n) is 4.48. The summed E-state index contributed by atoms with van der Waals surface area (Å²) in [6.45, 7) is 0.917. The second kappa shape index (κ2) is 5.61. The summed E-state index contributed by atoms with van der Waals surface area (Å²) in [4.78, 5) is 18.8. The molecule has 1 atom stereocenters. The van der Waals surface area contributed by atoms with E-state index in [1.165, 1.54) is 32.1 Å². The van der Waals surface area contributed by atoms with Gasteiger partial charge < -0.3 is 4.90 Å². The van der Waals surface area contributed by atoms with Crippen LogP contribution in [0.3, 0.4) is 0 Å². The SMILES string of the molecule is O=C(c1ccnc(Br)c1)N1CCCC1C1CCCC1. The van der Waals surface area contributed by atoms with Gasteiger partial charge in [-0.2, -0.15) is 0 Å². The van der Waals surface area contributed by atoms with Crippen molar-refractivity contribution in [1.82, 2.24) is 9.88 Å². The summed E-state index contributed by atoms with van der Waals surface area (Å²) in [7, 11) is 0. The maximum Gasteiger partial charge on any atom is 0.254 e. The number of pyridine rings is 1. The lowest BCUT2D eigenvalue weighted by Crippen LogP contribution is -2.39. The third kappa shape index (κ3) is 2.69. The minimum absolute atomic E-state index is 0.178. The Morgan fingerprint density at radius 3 is 2.79 bits per heavy atom. The summed E-state index contributed by atoms with van der Waals surface area (Å²) in [6.07, 6.45) is 9.30. The van der Waals surface area contributed by atoms with Crippen molar-refractivity contribution in [1.29, 1.82) is 0 Å². The summed E-state index contributed by atoms with van der Waals surface area (Å²) < 4.78 is 0.731. The molecule has 0 bridgehead atoms. The van der Waals surface area contributed by atoms with Crippen molar-refractivity contribution < 1.29 is 4.79 Å². The molecule has 1 unspecified atom stereocenters. The van der Waals surface area contributed by atoms with Crippen molar-refractivity contribution in [2.24, 2.45) is 5.92 Å². The van der Waals surface area contributed by atoms with Crippen molar-refractivity contribution in [2.45, 2.75) is 44.6 Å². The van der Waals surface area contributed by atoms with Gasteiger partial charge in [-0.15, -0.1) is 0 Å². The molecule has 102 valence electrons. The number of rotatable bonds is 2. The summed E-state index contributed by atoms with van der Waals surface area (Å²) in [6, 6.07) is 4.12. The van der Waals surface area contributed by atoms with Crippen LogP contribution in [-0.2, 0) is 0 Å². The molecule has 1 aromatic heterocycles. The van der Waals surface area contributed by atoms with Crippen LogP contribution < -0.4 is 0 Å². The second-order valence-electron chi connectivity index (χ2n) is 5.62. The molecule has 2 fully saturated rings. The number of hydrogen-bond donors (Lipinski definition) is 0. The molecule has 0 spiro atoms. The van der Waals surface area contributed by atoms with Crippen LogP contribution in [0.15, 0.2) is 22.9 Å². The first-order valence-corrected chi connectivity index (χ1v) is 7.97. The van der Waals surface area contributed by atoms with Gasteiger partial charge in [0.25, 0.3) is 5.91 Å². The fourth-order valence-electron chi connectivity index (χ4n) is 3.58. The molecule has 2 heterocycles. The van der Waals surface area contributed by atoms with E-state index in [9.17, 15) is 4.79 Å². The molecule has 4 heteroatoms. The molecule has 0 N–H and O–H groups in total. The molecule has 0 aromatic carbocycles. The topological polar surface area (TPSA) is 33.2 Å². The molecule has 2 aliphatic rings. The normalized spacial score (nSPS) is 24.1. The number of amides is 1. The highest BCUT2D eigenvalue weighted by Crippen LogP contribution is 2.36. The number of likely N-dealkylation sites (tertiary alicyclic amines) is 1. The molecule has 1 aromatic rings. The maximum atomic E-state index is 12.6. The first kappa shape index (κ1) is 13.1. The van der Waals surface area contributed by atoms with Gasteiger partial charge in [-0.05, 0) is 59.7 Å². The zero-order valence-corrected chi connectivity index (χ0v) is 12.6. The van der Waals surface area contributed by atoms with Gasteiger partial charge in [0.1, 0.15) is 4.60 Å². The smallest absolute Gasteiger partial charge is 0.254 e. The Labute approximate surface area is 122 Å². The Bertz CT molecular complexity index is 471. The molecule has 3 nitrogen and oxygen atoms in total. The van der Waals surface area contributed by atoms with E-state index in [2.05, 4.69) is 25.8 Å². The summed E-state index contributed by atoms with van der Waals surface area (Å²) in [5.41, 5.74) is 0.756. The van der Waals surface area contributed by atoms with Gasteiger partial charge in [0.2, 0.25) is 0 Å². The fourth-order valence-corrected chi connectivity index (χ4v) is 3.94. The highest BCUT2D eigenvalue weighted by molar-refractivity contribution is 9.10. The zero-order valence-electron chi connectivity index (χ0n) is 11.0. The van der Waals surface area contributed by atoms with Crippen LogP contribution in [0.2, 0.25) is 0 Å². The monoisotopic (exact) mass is 322 g/mol. The first-order chi connectivity index (χ1) is 9.25. The number of halogens is 1. The Balaban J connectivity index is 1.78. The predicted octanol–water partition coefficient (Wildman–Crippen LogP) is 3.64. The molecular weight excluding hydrogens is 304 g/mol. The molecule has 1 aliphatic carbocycles. The Morgan fingerprint density at radius 1 is 1.26 bits per heavy atom. The lowest BCUT2D eigenvalue weighted by atomic mass is 9.95. The van der Waals surface area contributed by atoms with Crippen LogP contribution in [0.4, 0.5) is 0 Å². The van der Waals surface area contributed by atoms with E-state index in [0.717, 1.165) is 29.1 Å². The average molecular weight is 323 g/mol. The van der Waals surface area contributed by atoms with Crippen molar-refractivity contribution in [3.63, 3.8) is 0 Å². The van der Waals surface area contributed by atoms with Gasteiger partial charge in [-0.25, -0.2) is 4.98 Å². The molecular formula is C15H19BrN2O. The van der Waals surface area contributed by atoms with Crippen molar-refractivity contribution in [2.75, 3.05) is 6.54 Å². The fraction of sp³-hybridized carbons (Fsp3) is 0.600. The summed E-state index contributed by atoms with van der Waals surface area (Å²) in [5.74, 6) is 0.911. The van der Waals surface area contributed by atoms with E-state index in [4.69, 9.17) is 0 Å². The number of hydrogen-bond acceptors (Lipinski definition) is 2. The van der Waals surface area contributed by atoms with Crippen LogP contribution in [-0.4, -0.2) is 28.4 Å². The number of carbonyl (C=O) groups excluding carboxylic acids is 1. The number of nitrogens with zero attached hydrogens (tertiary/aromatic N) is 2. The molecule has 1 saturated carbocycles. The van der Waals surface area contributed by atoms with Crippen molar-refractivity contribution >= 4 is 21.8 Å². The standard InChI is InChI=1S/C15H19BrN2O/c16-14-10-12(7-8-17-14)15(19)18-9-3-6-13(18)11-4-1-2-5-11/h7-8,10-11,13H,1-6,9H2. The average Bonchev–Trinajstić information content (AvgIpc) is 3.08. The van der Waals surface area contributed by atoms with Crippen LogP contribution in [0.1, 0.15) is 48.9 Å². The zero-order chi connectivity index (χ0) is 13.2. The van der Waals surface area contributed by atoms with E-state index in [1.807, 2.05) is 12.1 Å². The van der Waals surface area contributed by atoms with E-state index in [-0.39, 0.29) is 5.91 Å². The van der Waals surface area contributed by atoms with Gasteiger partial charge in [0.05, 0.1) is 0 Å². The van der Waals surface area contributed by atoms with E-state index < -0.39 is 0 Å². The van der Waals surface area contributed by atoms with Crippen molar-refractivity contribution in [3.05, 3.63) is 28.5 Å². The molecule has 19 heavy (non-hydrogen) atoms. The van der Waals surface area contributed by atoms with Gasteiger partial charge in [0, 0.05) is 24.3 Å². The van der Waals surface area contributed by atoms with Crippen LogP contribution in [0.5, 0.6) is 0 Å². The lowest BCUT2D eigenvalue weighted by molar-refractivity contribution is 0.0689. The molecule has 1 aliphatic heterocycles. The number of aromatic nitrogens is 1. The van der Waals surface area contributed by atoms with E-state index in [1.54, 1.807) is 6.20 Å². The Kier molecular flexibility index (Phi) is 3.87. The molecule has 1 amide bonds. The third-order valence-corrected chi connectivity index (χ3v) is 4.91. The molecule has 1 saturated heterocycles. The van der Waals surface area contributed by atoms with Crippen LogP contribution in [0.25, 0.3) is 0 Å². The molecule has 0 radical (unpaired) electrons. The second-order valence-corrected chi connectivity index (χ2v) is 6.43. The number of carbonyl (C=O) groups is 1. The Morgan fingerprint density at radius 2 is 2.05 bits per heavy atom. The summed E-state index contributed by atoms with van der Waals surface area (Å²) >= 11 is 3.34. The lowest BCUT2D eigenvalue weighted by Gasteiger charge is -2.29. The summed E-state index contributed by atoms with van der Waals surface area (Å²) in [5, 5.41) is 0. The molecule has 3 rings (SSSR count). The Hall–Kier alpha value is -0.900. The van der Waals surface area contributed by atoms with Crippen LogP contribution in [0, 0.1) is 5.92 Å². The quantitative estimate of drug-likeness (QED) is 0.779. The van der Waals surface area contributed by atoms with E-state index in [0.29, 0.717) is 6.04 Å². The maximum absolute atomic E-state index is 12.6. The largest absolute Gasteiger partial charge is 0.335 e. The van der Waals surface area contributed by atoms with Gasteiger partial charge in [0.15, 0.2) is 0 Å². The predicted molar refractivity (Wildman–Crippen MR) is 78.0 cm³/mol. The highest BCUT2D eigenvalue weighted by atomic mass is 79.9. The van der Waals surface area contributed by atoms with Gasteiger partial charge in [-0.3, -0.25) is 4.79 Å². The van der Waals surface area contributed by atoms with E-state index >= 15 is 0 Å². The first-order valence-electron chi connectivity index (χ1n) is 7.18. The van der Waals surface area contributed by atoms with Gasteiger partial charge >= 0.3 is 0 Å².